The highest BCUT2D eigenvalue weighted by molar-refractivity contribution is 5.94. The fraction of sp³-hybridized carbons (Fsp3) is 0.381. The Kier molecular flexibility index (Phi) is 4.35. The van der Waals surface area contributed by atoms with Crippen LogP contribution in [0.2, 0.25) is 0 Å². The minimum atomic E-state index is -0.166. The van der Waals surface area contributed by atoms with Crippen molar-refractivity contribution in [1.29, 1.82) is 0 Å². The van der Waals surface area contributed by atoms with Gasteiger partial charge in [-0.15, -0.1) is 0 Å². The first-order valence-corrected chi connectivity index (χ1v) is 9.84. The Balaban J connectivity index is 1.39. The molecular weight excluding hydrogens is 354 g/mol. The summed E-state index contributed by atoms with van der Waals surface area (Å²) in [6.45, 7) is 0. The van der Waals surface area contributed by atoms with E-state index in [2.05, 4.69) is 20.4 Å². The molecule has 0 saturated heterocycles. The summed E-state index contributed by atoms with van der Waals surface area (Å²) in [6, 6.07) is 3.72. The Morgan fingerprint density at radius 3 is 2.96 bits per heavy atom. The van der Waals surface area contributed by atoms with Gasteiger partial charge in [-0.2, -0.15) is 0 Å². The highest BCUT2D eigenvalue weighted by atomic mass is 16.5. The minimum Gasteiger partial charge on any atom is -0.360 e. The van der Waals surface area contributed by atoms with Crippen LogP contribution in [0, 0.1) is 0 Å². The first-order valence-electron chi connectivity index (χ1n) is 9.84. The topological polar surface area (TPSA) is 93.8 Å². The number of aromatic nitrogens is 4. The Hall–Kier alpha value is -3.09. The average Bonchev–Trinajstić information content (AvgIpc) is 3.18. The lowest BCUT2D eigenvalue weighted by Gasteiger charge is -2.25. The number of nitrogens with zero attached hydrogens (tertiary/aromatic N) is 4. The quantitative estimate of drug-likeness (QED) is 0.755. The summed E-state index contributed by atoms with van der Waals surface area (Å²) in [5, 5.41) is 7.18. The standard InChI is InChI=1S/C21H21N5O2/c27-21(19-14-6-1-2-9-18(14)28-26-19)25-17-8-3-7-16-15(17)12-23-20(24-16)13-5-4-10-22-11-13/h4-5,10-12,17H,1-3,6-9H2,(H,25,27). The highest BCUT2D eigenvalue weighted by Crippen LogP contribution is 2.30. The van der Waals surface area contributed by atoms with Crippen LogP contribution in [0.4, 0.5) is 0 Å². The molecule has 0 aromatic carbocycles. The van der Waals surface area contributed by atoms with Crippen molar-refractivity contribution in [2.75, 3.05) is 0 Å². The number of pyridine rings is 1. The largest absolute Gasteiger partial charge is 0.360 e. The SMILES string of the molecule is O=C(NC1CCCc2nc(-c3cccnc3)ncc21)c1noc2c1CCCC2. The van der Waals surface area contributed by atoms with E-state index in [1.54, 1.807) is 12.4 Å². The molecular formula is C21H21N5O2. The third-order valence-electron chi connectivity index (χ3n) is 5.57. The maximum atomic E-state index is 12.9. The predicted molar refractivity (Wildman–Crippen MR) is 102 cm³/mol. The van der Waals surface area contributed by atoms with E-state index in [0.29, 0.717) is 11.5 Å². The third kappa shape index (κ3) is 3.06. The van der Waals surface area contributed by atoms with Crippen molar-refractivity contribution in [1.82, 2.24) is 25.4 Å². The van der Waals surface area contributed by atoms with Crippen LogP contribution in [0.5, 0.6) is 0 Å². The fourth-order valence-electron chi connectivity index (χ4n) is 4.12. The molecule has 0 aliphatic heterocycles. The molecule has 0 radical (unpaired) electrons. The number of aryl methyl sites for hydroxylation is 2. The van der Waals surface area contributed by atoms with Crippen molar-refractivity contribution in [3.8, 4) is 11.4 Å². The molecule has 3 aromatic heterocycles. The lowest BCUT2D eigenvalue weighted by Crippen LogP contribution is -2.32. The van der Waals surface area contributed by atoms with Gasteiger partial charge < -0.3 is 9.84 Å². The van der Waals surface area contributed by atoms with E-state index >= 15 is 0 Å². The van der Waals surface area contributed by atoms with Crippen molar-refractivity contribution in [3.05, 3.63) is 59.0 Å². The Morgan fingerprint density at radius 2 is 2.07 bits per heavy atom. The van der Waals surface area contributed by atoms with Gasteiger partial charge in [0.2, 0.25) is 0 Å². The van der Waals surface area contributed by atoms with Gasteiger partial charge >= 0.3 is 0 Å². The molecule has 0 saturated carbocycles. The fourth-order valence-corrected chi connectivity index (χ4v) is 4.12. The first-order chi connectivity index (χ1) is 13.8. The van der Waals surface area contributed by atoms with Crippen molar-refractivity contribution in [2.24, 2.45) is 0 Å². The summed E-state index contributed by atoms with van der Waals surface area (Å²) >= 11 is 0. The maximum absolute atomic E-state index is 12.9. The molecule has 1 unspecified atom stereocenters. The first kappa shape index (κ1) is 17.0. The minimum absolute atomic E-state index is 0.102. The van der Waals surface area contributed by atoms with Gasteiger partial charge in [0.15, 0.2) is 11.5 Å². The van der Waals surface area contributed by atoms with E-state index in [0.717, 1.165) is 73.1 Å². The molecule has 5 rings (SSSR count). The molecule has 142 valence electrons. The Morgan fingerprint density at radius 1 is 1.14 bits per heavy atom. The van der Waals surface area contributed by atoms with Crippen LogP contribution in [0.1, 0.15) is 64.8 Å². The zero-order valence-corrected chi connectivity index (χ0v) is 15.5. The van der Waals surface area contributed by atoms with Gasteiger partial charge in [-0.25, -0.2) is 9.97 Å². The van der Waals surface area contributed by atoms with Gasteiger partial charge in [0.25, 0.3) is 5.91 Å². The molecule has 1 atom stereocenters. The van der Waals surface area contributed by atoms with E-state index in [4.69, 9.17) is 9.51 Å². The van der Waals surface area contributed by atoms with Crippen LogP contribution < -0.4 is 5.32 Å². The van der Waals surface area contributed by atoms with Crippen LogP contribution in [0.15, 0.2) is 35.2 Å². The van der Waals surface area contributed by atoms with Crippen molar-refractivity contribution >= 4 is 5.91 Å². The smallest absolute Gasteiger partial charge is 0.274 e. The molecule has 2 aliphatic rings. The monoisotopic (exact) mass is 375 g/mol. The molecule has 3 heterocycles. The maximum Gasteiger partial charge on any atom is 0.274 e. The van der Waals surface area contributed by atoms with E-state index in [1.807, 2.05) is 18.3 Å². The van der Waals surface area contributed by atoms with Crippen LogP contribution in [-0.4, -0.2) is 26.0 Å². The molecule has 28 heavy (non-hydrogen) atoms. The number of rotatable bonds is 3. The number of carbonyl (C=O) groups excluding carboxylic acids is 1. The van der Waals surface area contributed by atoms with E-state index in [-0.39, 0.29) is 11.9 Å². The molecule has 3 aromatic rings. The molecule has 1 amide bonds. The Labute approximate surface area is 162 Å². The van der Waals surface area contributed by atoms with Gasteiger partial charge in [0.05, 0.1) is 6.04 Å². The lowest BCUT2D eigenvalue weighted by atomic mass is 9.91. The predicted octanol–water partition coefficient (Wildman–Crippen LogP) is 3.21. The second-order valence-electron chi connectivity index (χ2n) is 7.40. The number of hydrogen-bond donors (Lipinski definition) is 1. The van der Waals surface area contributed by atoms with Crippen molar-refractivity contribution in [3.63, 3.8) is 0 Å². The van der Waals surface area contributed by atoms with Crippen molar-refractivity contribution < 1.29 is 9.32 Å². The van der Waals surface area contributed by atoms with Crippen molar-refractivity contribution in [2.45, 2.75) is 51.0 Å². The number of carbonyl (C=O) groups is 1. The zero-order valence-electron chi connectivity index (χ0n) is 15.5. The van der Waals surface area contributed by atoms with E-state index in [9.17, 15) is 4.79 Å². The highest BCUT2D eigenvalue weighted by Gasteiger charge is 2.28. The summed E-state index contributed by atoms with van der Waals surface area (Å²) in [7, 11) is 0. The average molecular weight is 375 g/mol. The second-order valence-corrected chi connectivity index (χ2v) is 7.40. The second kappa shape index (κ2) is 7.14. The van der Waals surface area contributed by atoms with Crippen LogP contribution in [-0.2, 0) is 19.3 Å². The van der Waals surface area contributed by atoms with Crippen LogP contribution >= 0.6 is 0 Å². The van der Waals surface area contributed by atoms with E-state index in [1.165, 1.54) is 0 Å². The number of nitrogens with one attached hydrogen (secondary N) is 1. The number of amides is 1. The molecule has 7 heteroatoms. The van der Waals surface area contributed by atoms with Crippen LogP contribution in [0.25, 0.3) is 11.4 Å². The van der Waals surface area contributed by atoms with Gasteiger partial charge in [0, 0.05) is 47.4 Å². The molecule has 1 N–H and O–H groups in total. The number of fused-ring (bicyclic) bond motifs is 2. The number of hydrogen-bond acceptors (Lipinski definition) is 6. The normalized spacial score (nSPS) is 18.2. The molecule has 0 spiro atoms. The summed E-state index contributed by atoms with van der Waals surface area (Å²) in [5.41, 5.74) is 4.29. The van der Waals surface area contributed by atoms with Crippen LogP contribution in [0.3, 0.4) is 0 Å². The lowest BCUT2D eigenvalue weighted by molar-refractivity contribution is 0.0922. The van der Waals surface area contributed by atoms with Gasteiger partial charge in [-0.3, -0.25) is 9.78 Å². The van der Waals surface area contributed by atoms with Gasteiger partial charge in [0.1, 0.15) is 5.76 Å². The Bertz CT molecular complexity index is 1010. The third-order valence-corrected chi connectivity index (χ3v) is 5.57. The van der Waals surface area contributed by atoms with E-state index < -0.39 is 0 Å². The molecule has 0 bridgehead atoms. The summed E-state index contributed by atoms with van der Waals surface area (Å²) in [6.07, 6.45) is 12.0. The van der Waals surface area contributed by atoms with Gasteiger partial charge in [-0.05, 0) is 50.7 Å². The molecule has 0 fully saturated rings. The summed E-state index contributed by atoms with van der Waals surface area (Å²) in [5.74, 6) is 1.37. The molecule has 7 nitrogen and oxygen atoms in total. The zero-order chi connectivity index (χ0) is 18.9. The summed E-state index contributed by atoms with van der Waals surface area (Å²) < 4.78 is 5.39. The summed E-state index contributed by atoms with van der Waals surface area (Å²) in [4.78, 5) is 26.3. The molecule has 2 aliphatic carbocycles. The van der Waals surface area contributed by atoms with Gasteiger partial charge in [-0.1, -0.05) is 5.16 Å².